The molecule has 0 bridgehead atoms. The topological polar surface area (TPSA) is 68.8 Å². The lowest BCUT2D eigenvalue weighted by Crippen LogP contribution is -2.54. The van der Waals surface area contributed by atoms with Crippen molar-refractivity contribution in [1.82, 2.24) is 20.9 Å². The molecule has 0 radical (unpaired) electrons. The fourth-order valence-corrected chi connectivity index (χ4v) is 3.28. The van der Waals surface area contributed by atoms with Gasteiger partial charge in [0.1, 0.15) is 0 Å². The molecule has 3 N–H and O–H groups in total. The minimum Gasteiger partial charge on any atom is -0.355 e. The van der Waals surface area contributed by atoms with Gasteiger partial charge in [0, 0.05) is 38.3 Å². The van der Waals surface area contributed by atoms with Gasteiger partial charge in [0.25, 0.3) is 5.91 Å². The number of aliphatic imine (C=N–C) groups is 1. The fourth-order valence-electron chi connectivity index (χ4n) is 3.28. The highest BCUT2D eigenvalue weighted by molar-refractivity contribution is 14.0. The van der Waals surface area contributed by atoms with E-state index in [9.17, 15) is 4.79 Å². The van der Waals surface area contributed by atoms with E-state index in [0.29, 0.717) is 12.1 Å². The smallest absolute Gasteiger partial charge is 0.251 e. The lowest BCUT2D eigenvalue weighted by Gasteiger charge is -2.41. The summed E-state index contributed by atoms with van der Waals surface area (Å²) in [7, 11) is 3.42. The molecule has 27 heavy (non-hydrogen) atoms. The maximum atomic E-state index is 11.8. The number of guanidine groups is 1. The van der Waals surface area contributed by atoms with Crippen LogP contribution in [0.25, 0.3) is 0 Å². The molecule has 0 aliphatic carbocycles. The number of carbonyl (C=O) groups excluding carboxylic acids is 1. The number of carbonyl (C=O) groups is 1. The van der Waals surface area contributed by atoms with Crippen LogP contribution in [0.5, 0.6) is 0 Å². The van der Waals surface area contributed by atoms with Gasteiger partial charge in [-0.15, -0.1) is 24.0 Å². The quantitative estimate of drug-likeness (QED) is 0.328. The first kappa shape index (κ1) is 23.7. The van der Waals surface area contributed by atoms with E-state index in [1.165, 1.54) is 32.4 Å². The number of halogens is 1. The van der Waals surface area contributed by atoms with Gasteiger partial charge >= 0.3 is 0 Å². The van der Waals surface area contributed by atoms with Crippen LogP contribution >= 0.6 is 24.0 Å². The van der Waals surface area contributed by atoms with Crippen molar-refractivity contribution in [3.05, 3.63) is 35.4 Å². The van der Waals surface area contributed by atoms with Crippen molar-refractivity contribution in [1.29, 1.82) is 0 Å². The van der Waals surface area contributed by atoms with Gasteiger partial charge in [0.2, 0.25) is 0 Å². The van der Waals surface area contributed by atoms with Crippen LogP contribution in [0, 0.1) is 0 Å². The Labute approximate surface area is 180 Å². The number of hydrogen-bond acceptors (Lipinski definition) is 3. The molecule has 0 saturated carbocycles. The molecule has 7 heteroatoms. The highest BCUT2D eigenvalue weighted by Gasteiger charge is 2.27. The van der Waals surface area contributed by atoms with Crippen molar-refractivity contribution in [2.24, 2.45) is 4.99 Å². The standard InChI is InChI=1S/C20H33N5O.HI/c1-20(2,25-11-6-5-7-12-25)15-24-19(22-4)23-14-16-9-8-10-17(13-16)18(26)21-3;/h8-10,13H,5-7,11-12,14-15H2,1-4H3,(H,21,26)(H2,22,23,24);1H. The predicted molar refractivity (Wildman–Crippen MR) is 123 cm³/mol. The summed E-state index contributed by atoms with van der Waals surface area (Å²) in [6, 6.07) is 7.62. The summed E-state index contributed by atoms with van der Waals surface area (Å²) in [5, 5.41) is 9.43. The van der Waals surface area contributed by atoms with Gasteiger partial charge in [-0.25, -0.2) is 0 Å². The molecule has 1 heterocycles. The van der Waals surface area contributed by atoms with Crippen LogP contribution in [0.15, 0.2) is 29.3 Å². The summed E-state index contributed by atoms with van der Waals surface area (Å²) in [6.07, 6.45) is 3.93. The summed E-state index contributed by atoms with van der Waals surface area (Å²) in [4.78, 5) is 18.6. The van der Waals surface area contributed by atoms with Crippen molar-refractivity contribution in [2.75, 3.05) is 33.7 Å². The number of likely N-dealkylation sites (tertiary alicyclic amines) is 1. The van der Waals surface area contributed by atoms with Crippen molar-refractivity contribution >= 4 is 35.8 Å². The van der Waals surface area contributed by atoms with E-state index in [0.717, 1.165) is 18.1 Å². The number of benzene rings is 1. The summed E-state index contributed by atoms with van der Waals surface area (Å²) in [6.45, 7) is 8.37. The lowest BCUT2D eigenvalue weighted by molar-refractivity contribution is 0.0962. The highest BCUT2D eigenvalue weighted by atomic mass is 127. The third kappa shape index (κ3) is 7.29. The third-order valence-electron chi connectivity index (χ3n) is 5.00. The molecule has 1 saturated heterocycles. The highest BCUT2D eigenvalue weighted by Crippen LogP contribution is 2.19. The first-order chi connectivity index (χ1) is 12.5. The average Bonchev–Trinajstić information content (AvgIpc) is 2.68. The Balaban J connectivity index is 0.00000364. The second-order valence-electron chi connectivity index (χ2n) is 7.42. The van der Waals surface area contributed by atoms with Gasteiger partial charge in [0.15, 0.2) is 5.96 Å². The second kappa shape index (κ2) is 11.5. The van der Waals surface area contributed by atoms with E-state index in [2.05, 4.69) is 39.7 Å². The van der Waals surface area contributed by atoms with Crippen molar-refractivity contribution in [3.63, 3.8) is 0 Å². The predicted octanol–water partition coefficient (Wildman–Crippen LogP) is 2.59. The molecule has 1 aliphatic heterocycles. The van der Waals surface area contributed by atoms with Gasteiger partial charge in [-0.05, 0) is 57.5 Å². The zero-order valence-electron chi connectivity index (χ0n) is 17.0. The molecule has 1 fully saturated rings. The maximum absolute atomic E-state index is 11.8. The van der Waals surface area contributed by atoms with Gasteiger partial charge in [-0.3, -0.25) is 14.7 Å². The Morgan fingerprint density at radius 3 is 2.52 bits per heavy atom. The monoisotopic (exact) mass is 487 g/mol. The number of amides is 1. The van der Waals surface area contributed by atoms with E-state index in [-0.39, 0.29) is 35.4 Å². The minimum atomic E-state index is -0.0716. The van der Waals surface area contributed by atoms with Gasteiger partial charge < -0.3 is 16.0 Å². The zero-order chi connectivity index (χ0) is 19.0. The van der Waals surface area contributed by atoms with E-state index in [1.54, 1.807) is 14.1 Å². The number of hydrogen-bond donors (Lipinski definition) is 3. The third-order valence-corrected chi connectivity index (χ3v) is 5.00. The Hall–Kier alpha value is -1.35. The zero-order valence-corrected chi connectivity index (χ0v) is 19.3. The van der Waals surface area contributed by atoms with E-state index in [1.807, 2.05) is 24.3 Å². The summed E-state index contributed by atoms with van der Waals surface area (Å²) in [5.41, 5.74) is 1.81. The number of nitrogens with one attached hydrogen (secondary N) is 3. The van der Waals surface area contributed by atoms with Gasteiger partial charge in [-0.2, -0.15) is 0 Å². The van der Waals surface area contributed by atoms with Gasteiger partial charge in [0.05, 0.1) is 0 Å². The Bertz CT molecular complexity index is 627. The Kier molecular flexibility index (Phi) is 10.1. The molecule has 152 valence electrons. The molecule has 1 aliphatic rings. The van der Waals surface area contributed by atoms with Crippen LogP contribution in [0.2, 0.25) is 0 Å². The first-order valence-electron chi connectivity index (χ1n) is 9.47. The SMILES string of the molecule is CN=C(NCc1cccc(C(=O)NC)c1)NCC(C)(C)N1CCCCC1.I. The summed E-state index contributed by atoms with van der Waals surface area (Å²) < 4.78 is 0. The molecule has 1 amide bonds. The Morgan fingerprint density at radius 1 is 1.19 bits per heavy atom. The van der Waals surface area contributed by atoms with E-state index >= 15 is 0 Å². The lowest BCUT2D eigenvalue weighted by atomic mass is 9.98. The number of rotatable bonds is 6. The molecule has 6 nitrogen and oxygen atoms in total. The molecule has 1 aromatic rings. The van der Waals surface area contributed by atoms with Crippen LogP contribution in [0.3, 0.4) is 0 Å². The van der Waals surface area contributed by atoms with Crippen molar-refractivity contribution in [3.8, 4) is 0 Å². The minimum absolute atomic E-state index is 0. The molecule has 2 rings (SSSR count). The molecule has 0 spiro atoms. The van der Waals surface area contributed by atoms with Crippen molar-refractivity contribution < 1.29 is 4.79 Å². The van der Waals surface area contributed by atoms with Crippen LogP contribution in [0.1, 0.15) is 49.0 Å². The van der Waals surface area contributed by atoms with Gasteiger partial charge in [-0.1, -0.05) is 18.6 Å². The summed E-state index contributed by atoms with van der Waals surface area (Å²) in [5.74, 6) is 0.707. The molecule has 0 aromatic heterocycles. The van der Waals surface area contributed by atoms with Crippen molar-refractivity contribution in [2.45, 2.75) is 45.2 Å². The maximum Gasteiger partial charge on any atom is 0.251 e. The molecule has 1 aromatic carbocycles. The molecule has 0 unspecified atom stereocenters. The molecular formula is C20H34IN5O. The average molecular weight is 487 g/mol. The van der Waals surface area contributed by atoms with Crippen LogP contribution in [0.4, 0.5) is 0 Å². The normalized spacial score (nSPS) is 15.6. The Morgan fingerprint density at radius 2 is 1.89 bits per heavy atom. The van der Waals surface area contributed by atoms with Crippen LogP contribution in [-0.4, -0.2) is 56.0 Å². The largest absolute Gasteiger partial charge is 0.355 e. The van der Waals surface area contributed by atoms with Crippen LogP contribution < -0.4 is 16.0 Å². The van der Waals surface area contributed by atoms with Crippen LogP contribution in [-0.2, 0) is 6.54 Å². The fraction of sp³-hybridized carbons (Fsp3) is 0.600. The van der Waals surface area contributed by atoms with E-state index in [4.69, 9.17) is 0 Å². The molecule has 0 atom stereocenters. The first-order valence-corrected chi connectivity index (χ1v) is 9.47. The second-order valence-corrected chi connectivity index (χ2v) is 7.42. The van der Waals surface area contributed by atoms with E-state index < -0.39 is 0 Å². The summed E-state index contributed by atoms with van der Waals surface area (Å²) >= 11 is 0. The number of nitrogens with zero attached hydrogens (tertiary/aromatic N) is 2. The molecular weight excluding hydrogens is 453 g/mol. The number of piperidine rings is 1.